The molecule has 4 rings (SSSR count). The van der Waals surface area contributed by atoms with E-state index in [1.54, 1.807) is 18.2 Å². The molecule has 2 heterocycles. The predicted octanol–water partition coefficient (Wildman–Crippen LogP) is 4.89. The highest BCUT2D eigenvalue weighted by atomic mass is 35.5. The minimum absolute atomic E-state index is 0.0133. The highest BCUT2D eigenvalue weighted by Crippen LogP contribution is 2.24. The number of non-ortho nitro benzene ring substituents is 1. The molecule has 0 atom stereocenters. The van der Waals surface area contributed by atoms with Crippen LogP contribution in [0, 0.1) is 21.7 Å². The smallest absolute Gasteiger partial charge is 0.269 e. The van der Waals surface area contributed by atoms with Crippen LogP contribution in [0.5, 0.6) is 0 Å². The summed E-state index contributed by atoms with van der Waals surface area (Å²) in [5, 5.41) is 14.1. The van der Waals surface area contributed by atoms with E-state index in [1.165, 1.54) is 18.3 Å². The van der Waals surface area contributed by atoms with Gasteiger partial charge in [0.15, 0.2) is 0 Å². The third kappa shape index (κ3) is 6.09. The van der Waals surface area contributed by atoms with E-state index in [4.69, 9.17) is 11.6 Å². The van der Waals surface area contributed by atoms with Crippen LogP contribution in [0.1, 0.15) is 22.3 Å². The number of carbonyl (C=O) groups excluding carboxylic acids is 1. The number of nitro groups is 1. The molecular weight excluding hydrogens is 480 g/mol. The van der Waals surface area contributed by atoms with Crippen molar-refractivity contribution in [2.45, 2.75) is 13.0 Å². The first-order chi connectivity index (χ1) is 16.8. The molecule has 1 saturated heterocycles. The maximum atomic E-state index is 13.8. The van der Waals surface area contributed by atoms with Crippen LogP contribution in [0.15, 0.2) is 54.7 Å². The molecule has 3 aromatic rings. The standard InChI is InChI=1S/C24H22ClF2N5O3/c25-21-6-4-19(32(34)35)12-16(21)15-30-8-1-9-31(11-10-30)23-7-3-18(14-28-23)29-24(33)20-5-2-17(26)13-22(20)27/h2-7,12-14H,1,8-11,15H2,(H,29,33). The summed E-state index contributed by atoms with van der Waals surface area (Å²) in [4.78, 5) is 31.7. The van der Waals surface area contributed by atoms with E-state index in [1.807, 2.05) is 0 Å². The molecule has 8 nitrogen and oxygen atoms in total. The largest absolute Gasteiger partial charge is 0.355 e. The van der Waals surface area contributed by atoms with Crippen LogP contribution >= 0.6 is 11.6 Å². The van der Waals surface area contributed by atoms with Crippen molar-refractivity contribution in [1.29, 1.82) is 0 Å². The number of nitrogens with zero attached hydrogens (tertiary/aromatic N) is 4. The number of hydrogen-bond donors (Lipinski definition) is 1. The molecular formula is C24H22ClF2N5O3. The lowest BCUT2D eigenvalue weighted by Crippen LogP contribution is -2.31. The van der Waals surface area contributed by atoms with Crippen LogP contribution in [-0.4, -0.2) is 46.9 Å². The van der Waals surface area contributed by atoms with Crippen molar-refractivity contribution in [3.63, 3.8) is 0 Å². The minimum Gasteiger partial charge on any atom is -0.355 e. The van der Waals surface area contributed by atoms with Crippen molar-refractivity contribution in [1.82, 2.24) is 9.88 Å². The van der Waals surface area contributed by atoms with Gasteiger partial charge in [0.25, 0.3) is 11.6 Å². The second-order valence-electron chi connectivity index (χ2n) is 8.13. The van der Waals surface area contributed by atoms with Gasteiger partial charge in [0.2, 0.25) is 0 Å². The van der Waals surface area contributed by atoms with Crippen LogP contribution < -0.4 is 10.2 Å². The molecule has 1 N–H and O–H groups in total. The number of aromatic nitrogens is 1. The molecule has 0 bridgehead atoms. The number of nitrogens with one attached hydrogen (secondary N) is 1. The number of benzene rings is 2. The monoisotopic (exact) mass is 501 g/mol. The van der Waals surface area contributed by atoms with Crippen molar-refractivity contribution < 1.29 is 18.5 Å². The van der Waals surface area contributed by atoms with E-state index in [0.717, 1.165) is 37.5 Å². The maximum Gasteiger partial charge on any atom is 0.269 e. The summed E-state index contributed by atoms with van der Waals surface area (Å²) >= 11 is 6.25. The van der Waals surface area contributed by atoms with E-state index in [9.17, 15) is 23.7 Å². The summed E-state index contributed by atoms with van der Waals surface area (Å²) in [5.74, 6) is -1.66. The lowest BCUT2D eigenvalue weighted by molar-refractivity contribution is -0.384. The molecule has 0 unspecified atom stereocenters. The predicted molar refractivity (Wildman–Crippen MR) is 129 cm³/mol. The summed E-state index contributed by atoms with van der Waals surface area (Å²) in [7, 11) is 0. The Morgan fingerprint density at radius 1 is 1.09 bits per heavy atom. The molecule has 1 aliphatic rings. The van der Waals surface area contributed by atoms with E-state index >= 15 is 0 Å². The summed E-state index contributed by atoms with van der Waals surface area (Å²) in [6, 6.07) is 10.7. The first-order valence-electron chi connectivity index (χ1n) is 10.9. The number of carbonyl (C=O) groups is 1. The fourth-order valence-electron chi connectivity index (χ4n) is 3.91. The second-order valence-corrected chi connectivity index (χ2v) is 8.54. The van der Waals surface area contributed by atoms with Gasteiger partial charge in [-0.25, -0.2) is 13.8 Å². The molecule has 1 aromatic heterocycles. The SMILES string of the molecule is O=C(Nc1ccc(N2CCCN(Cc3cc([N+](=O)[O-])ccc3Cl)CC2)nc1)c1ccc(F)cc1F. The zero-order valence-corrected chi connectivity index (χ0v) is 19.3. The van der Waals surface area contributed by atoms with E-state index in [-0.39, 0.29) is 11.3 Å². The molecule has 182 valence electrons. The quantitative estimate of drug-likeness (QED) is 0.382. The Bertz CT molecular complexity index is 1240. The van der Waals surface area contributed by atoms with Gasteiger partial charge >= 0.3 is 0 Å². The van der Waals surface area contributed by atoms with Crippen molar-refractivity contribution in [3.05, 3.63) is 92.6 Å². The van der Waals surface area contributed by atoms with Crippen molar-refractivity contribution in [3.8, 4) is 0 Å². The summed E-state index contributed by atoms with van der Waals surface area (Å²) in [6.45, 7) is 3.47. The summed E-state index contributed by atoms with van der Waals surface area (Å²) in [6.07, 6.45) is 2.34. The molecule has 1 fully saturated rings. The van der Waals surface area contributed by atoms with Gasteiger partial charge in [0, 0.05) is 55.9 Å². The normalized spacial score (nSPS) is 14.4. The van der Waals surface area contributed by atoms with E-state index in [0.29, 0.717) is 42.0 Å². The number of halogens is 3. The average Bonchev–Trinajstić information content (AvgIpc) is 3.06. The molecule has 0 spiro atoms. The van der Waals surface area contributed by atoms with Crippen LogP contribution in [0.3, 0.4) is 0 Å². The second kappa shape index (κ2) is 10.7. The van der Waals surface area contributed by atoms with Gasteiger partial charge in [0.05, 0.1) is 22.4 Å². The Kier molecular flexibility index (Phi) is 7.52. The molecule has 1 aliphatic heterocycles. The fraction of sp³-hybridized carbons (Fsp3) is 0.250. The average molecular weight is 502 g/mol. The van der Waals surface area contributed by atoms with Crippen molar-refractivity contribution >= 4 is 34.7 Å². The Morgan fingerprint density at radius 3 is 2.63 bits per heavy atom. The number of pyridine rings is 1. The summed E-state index contributed by atoms with van der Waals surface area (Å²) in [5.41, 5.74) is 0.857. The molecule has 0 saturated carbocycles. The zero-order chi connectivity index (χ0) is 24.9. The van der Waals surface area contributed by atoms with Gasteiger partial charge in [-0.15, -0.1) is 0 Å². The van der Waals surface area contributed by atoms with Gasteiger partial charge in [0.1, 0.15) is 17.5 Å². The highest BCUT2D eigenvalue weighted by molar-refractivity contribution is 6.31. The lowest BCUT2D eigenvalue weighted by atomic mass is 10.2. The van der Waals surface area contributed by atoms with Gasteiger partial charge in [-0.1, -0.05) is 11.6 Å². The first kappa shape index (κ1) is 24.5. The zero-order valence-electron chi connectivity index (χ0n) is 18.6. The lowest BCUT2D eigenvalue weighted by Gasteiger charge is -2.23. The van der Waals surface area contributed by atoms with Crippen LogP contribution in [0.25, 0.3) is 0 Å². The number of anilines is 2. The number of rotatable bonds is 6. The third-order valence-electron chi connectivity index (χ3n) is 5.73. The molecule has 2 aromatic carbocycles. The van der Waals surface area contributed by atoms with E-state index in [2.05, 4.69) is 20.1 Å². The van der Waals surface area contributed by atoms with Crippen LogP contribution in [0.2, 0.25) is 5.02 Å². The molecule has 35 heavy (non-hydrogen) atoms. The van der Waals surface area contributed by atoms with Crippen LogP contribution in [-0.2, 0) is 6.54 Å². The number of hydrogen-bond acceptors (Lipinski definition) is 6. The van der Waals surface area contributed by atoms with Crippen molar-refractivity contribution in [2.75, 3.05) is 36.4 Å². The van der Waals surface area contributed by atoms with Gasteiger partial charge in [-0.05, 0) is 42.3 Å². The minimum atomic E-state index is -0.937. The van der Waals surface area contributed by atoms with Crippen LogP contribution in [0.4, 0.5) is 26.0 Å². The third-order valence-corrected chi connectivity index (χ3v) is 6.10. The Morgan fingerprint density at radius 2 is 1.91 bits per heavy atom. The Hall–Kier alpha value is -3.63. The van der Waals surface area contributed by atoms with Crippen molar-refractivity contribution in [2.24, 2.45) is 0 Å². The fourth-order valence-corrected chi connectivity index (χ4v) is 4.09. The topological polar surface area (TPSA) is 91.6 Å². The van der Waals surface area contributed by atoms with E-state index < -0.39 is 22.5 Å². The Balaban J connectivity index is 1.36. The number of nitro benzene ring substituents is 1. The van der Waals surface area contributed by atoms with Gasteiger partial charge in [-0.3, -0.25) is 19.8 Å². The van der Waals surface area contributed by atoms with Gasteiger partial charge < -0.3 is 10.2 Å². The summed E-state index contributed by atoms with van der Waals surface area (Å²) < 4.78 is 26.9. The molecule has 0 radical (unpaired) electrons. The maximum absolute atomic E-state index is 13.8. The number of amides is 1. The highest BCUT2D eigenvalue weighted by Gasteiger charge is 2.19. The molecule has 0 aliphatic carbocycles. The molecule has 11 heteroatoms. The first-order valence-corrected chi connectivity index (χ1v) is 11.3. The molecule has 1 amide bonds. The van der Waals surface area contributed by atoms with Gasteiger partial charge in [-0.2, -0.15) is 0 Å². The Labute approximate surface area is 205 Å².